The van der Waals surface area contributed by atoms with Gasteiger partial charge in [0, 0.05) is 6.92 Å². The van der Waals surface area contributed by atoms with Crippen LogP contribution in [-0.4, -0.2) is 35.2 Å². The van der Waals surface area contributed by atoms with Crippen molar-refractivity contribution < 1.29 is 31.8 Å². The van der Waals surface area contributed by atoms with Crippen LogP contribution in [0.1, 0.15) is 18.5 Å². The first-order valence-electron chi connectivity index (χ1n) is 8.61. The summed E-state index contributed by atoms with van der Waals surface area (Å²) in [5.74, 6) is -6.44. The molecule has 2 aromatic carbocycles. The van der Waals surface area contributed by atoms with Crippen molar-refractivity contribution in [3.05, 3.63) is 53.9 Å². The highest BCUT2D eigenvalue weighted by Crippen LogP contribution is 2.36. The first kappa shape index (κ1) is 19.0. The maximum absolute atomic E-state index is 14.4. The van der Waals surface area contributed by atoms with Crippen molar-refractivity contribution in [2.45, 2.75) is 18.9 Å². The van der Waals surface area contributed by atoms with E-state index in [0.29, 0.717) is 18.1 Å². The average molecular weight is 409 g/mol. The molecule has 6 nitrogen and oxygen atoms in total. The zero-order chi connectivity index (χ0) is 20.8. The van der Waals surface area contributed by atoms with E-state index in [0.717, 1.165) is 17.6 Å². The molecule has 1 saturated heterocycles. The van der Waals surface area contributed by atoms with Gasteiger partial charge in [-0.05, 0) is 35.9 Å². The van der Waals surface area contributed by atoms with E-state index < -0.39 is 42.0 Å². The quantitative estimate of drug-likeness (QED) is 0.627. The molecule has 1 amide bonds. The molecule has 1 aromatic heterocycles. The predicted octanol–water partition coefficient (Wildman–Crippen LogP) is 4.57. The highest BCUT2D eigenvalue weighted by atomic mass is 19.3. The van der Waals surface area contributed by atoms with E-state index in [9.17, 15) is 22.4 Å². The molecule has 1 aliphatic heterocycles. The third-order valence-electron chi connectivity index (χ3n) is 4.43. The molecule has 10 heteroatoms. The Morgan fingerprint density at radius 1 is 1.28 bits per heavy atom. The lowest BCUT2D eigenvalue weighted by molar-refractivity contribution is -0.0249. The van der Waals surface area contributed by atoms with Crippen molar-refractivity contribution in [2.75, 3.05) is 18.1 Å². The first-order valence-corrected chi connectivity index (χ1v) is 8.61. The SMILES string of the molecule is CC(F)(F)COc1c(F)cc(C2COC(=O)N2c2ccc3[nH]cnc3c2)cc1F. The topological polar surface area (TPSA) is 67.5 Å². The second-order valence-corrected chi connectivity index (χ2v) is 6.74. The van der Waals surface area contributed by atoms with Gasteiger partial charge in [-0.15, -0.1) is 0 Å². The van der Waals surface area contributed by atoms with Crippen LogP contribution >= 0.6 is 0 Å². The van der Waals surface area contributed by atoms with E-state index in [4.69, 9.17) is 4.74 Å². The standard InChI is InChI=1S/C19H15F4N3O3/c1-19(22,23)8-29-17-12(20)4-10(5-13(17)21)16-7-28-18(27)26(16)11-2-3-14-15(6-11)25-9-24-14/h2-6,9,16H,7-8H2,1H3,(H,24,25). The number of hydrogen-bond acceptors (Lipinski definition) is 4. The Hall–Kier alpha value is -3.30. The van der Waals surface area contributed by atoms with Crippen LogP contribution in [0.4, 0.5) is 28.0 Å². The summed E-state index contributed by atoms with van der Waals surface area (Å²) in [6, 6.07) is 6.07. The van der Waals surface area contributed by atoms with E-state index in [-0.39, 0.29) is 12.2 Å². The number of benzene rings is 2. The molecule has 0 radical (unpaired) electrons. The molecular weight excluding hydrogens is 394 g/mol. The van der Waals surface area contributed by atoms with Crippen LogP contribution in [0.2, 0.25) is 0 Å². The van der Waals surface area contributed by atoms with Crippen LogP contribution in [0.15, 0.2) is 36.7 Å². The predicted molar refractivity (Wildman–Crippen MR) is 95.1 cm³/mol. The number of carbonyl (C=O) groups is 1. The van der Waals surface area contributed by atoms with Crippen molar-refractivity contribution in [1.82, 2.24) is 9.97 Å². The fraction of sp³-hybridized carbons (Fsp3) is 0.263. The highest BCUT2D eigenvalue weighted by Gasteiger charge is 2.37. The van der Waals surface area contributed by atoms with Crippen LogP contribution in [0.3, 0.4) is 0 Å². The second-order valence-electron chi connectivity index (χ2n) is 6.74. The highest BCUT2D eigenvalue weighted by molar-refractivity contribution is 5.93. The van der Waals surface area contributed by atoms with Gasteiger partial charge in [-0.3, -0.25) is 4.90 Å². The zero-order valence-corrected chi connectivity index (χ0v) is 15.1. The van der Waals surface area contributed by atoms with Gasteiger partial charge in [0.05, 0.1) is 29.1 Å². The Morgan fingerprint density at radius 3 is 2.69 bits per heavy atom. The molecule has 152 valence electrons. The third kappa shape index (κ3) is 3.69. The van der Waals surface area contributed by atoms with Crippen LogP contribution in [0.5, 0.6) is 5.75 Å². The molecule has 0 spiro atoms. The Labute approximate surface area is 162 Å². The molecule has 2 heterocycles. The summed E-state index contributed by atoms with van der Waals surface area (Å²) in [4.78, 5) is 20.6. The van der Waals surface area contributed by atoms with Gasteiger partial charge < -0.3 is 14.5 Å². The molecule has 0 saturated carbocycles. The smallest absolute Gasteiger partial charge is 0.415 e. The molecule has 1 unspecified atom stereocenters. The summed E-state index contributed by atoms with van der Waals surface area (Å²) >= 11 is 0. The summed E-state index contributed by atoms with van der Waals surface area (Å²) in [7, 11) is 0. The number of aromatic nitrogens is 2. The molecule has 1 fully saturated rings. The minimum atomic E-state index is -3.25. The van der Waals surface area contributed by atoms with Crippen LogP contribution in [-0.2, 0) is 4.74 Å². The number of alkyl halides is 2. The summed E-state index contributed by atoms with van der Waals surface area (Å²) in [5.41, 5.74) is 1.89. The van der Waals surface area contributed by atoms with E-state index in [1.54, 1.807) is 18.2 Å². The lowest BCUT2D eigenvalue weighted by Gasteiger charge is -2.22. The second kappa shape index (κ2) is 6.94. The van der Waals surface area contributed by atoms with Gasteiger partial charge in [0.2, 0.25) is 0 Å². The van der Waals surface area contributed by atoms with Crippen LogP contribution in [0, 0.1) is 11.6 Å². The maximum atomic E-state index is 14.4. The van der Waals surface area contributed by atoms with Crippen LogP contribution < -0.4 is 9.64 Å². The Morgan fingerprint density at radius 2 is 2.00 bits per heavy atom. The zero-order valence-electron chi connectivity index (χ0n) is 15.1. The van der Waals surface area contributed by atoms with Gasteiger partial charge in [-0.1, -0.05) is 0 Å². The average Bonchev–Trinajstić information content (AvgIpc) is 3.25. The van der Waals surface area contributed by atoms with Gasteiger partial charge in [-0.2, -0.15) is 0 Å². The minimum absolute atomic E-state index is 0.101. The lowest BCUT2D eigenvalue weighted by atomic mass is 10.0. The van der Waals surface area contributed by atoms with Crippen molar-refractivity contribution in [2.24, 2.45) is 0 Å². The fourth-order valence-corrected chi connectivity index (χ4v) is 3.13. The van der Waals surface area contributed by atoms with Crippen LogP contribution in [0.25, 0.3) is 11.0 Å². The number of ether oxygens (including phenoxy) is 2. The van der Waals surface area contributed by atoms with Crippen molar-refractivity contribution in [3.8, 4) is 5.75 Å². The molecule has 0 bridgehead atoms. The van der Waals surface area contributed by atoms with Gasteiger partial charge in [0.1, 0.15) is 6.61 Å². The number of hydrogen-bond donors (Lipinski definition) is 1. The molecule has 1 atom stereocenters. The molecule has 1 N–H and O–H groups in total. The number of halogens is 4. The number of nitrogens with one attached hydrogen (secondary N) is 1. The lowest BCUT2D eigenvalue weighted by Crippen LogP contribution is -2.27. The van der Waals surface area contributed by atoms with Gasteiger partial charge in [0.25, 0.3) is 5.92 Å². The number of H-pyrrole nitrogens is 1. The van der Waals surface area contributed by atoms with Crippen molar-refractivity contribution in [1.29, 1.82) is 0 Å². The summed E-state index contributed by atoms with van der Waals surface area (Å²) in [6.07, 6.45) is 0.814. The molecule has 0 aliphatic carbocycles. The minimum Gasteiger partial charge on any atom is -0.481 e. The maximum Gasteiger partial charge on any atom is 0.415 e. The largest absolute Gasteiger partial charge is 0.481 e. The first-order chi connectivity index (χ1) is 13.7. The van der Waals surface area contributed by atoms with Gasteiger partial charge in [-0.25, -0.2) is 27.3 Å². The van der Waals surface area contributed by atoms with E-state index >= 15 is 0 Å². The van der Waals surface area contributed by atoms with E-state index in [1.807, 2.05) is 0 Å². The fourth-order valence-electron chi connectivity index (χ4n) is 3.13. The molecular formula is C19H15F4N3O3. The summed E-state index contributed by atoms with van der Waals surface area (Å²) < 4.78 is 64.2. The number of rotatable bonds is 5. The number of nitrogens with zero attached hydrogens (tertiary/aromatic N) is 2. The number of aromatic amines is 1. The normalized spacial score (nSPS) is 17.1. The number of cyclic esters (lactones) is 1. The summed E-state index contributed by atoms with van der Waals surface area (Å²) in [5, 5.41) is 0. The Balaban J connectivity index is 1.66. The monoisotopic (exact) mass is 409 g/mol. The molecule has 29 heavy (non-hydrogen) atoms. The third-order valence-corrected chi connectivity index (χ3v) is 4.43. The molecule has 4 rings (SSSR count). The number of fused-ring (bicyclic) bond motifs is 1. The number of anilines is 1. The van der Waals surface area contributed by atoms with Crippen molar-refractivity contribution >= 4 is 22.8 Å². The van der Waals surface area contributed by atoms with E-state index in [1.165, 1.54) is 11.2 Å². The van der Waals surface area contributed by atoms with Gasteiger partial charge in [0.15, 0.2) is 24.0 Å². The number of imidazole rings is 1. The summed E-state index contributed by atoms with van der Waals surface area (Å²) in [6.45, 7) is -0.725. The number of amides is 1. The van der Waals surface area contributed by atoms with Crippen molar-refractivity contribution in [3.63, 3.8) is 0 Å². The Kier molecular flexibility index (Phi) is 4.56. The molecule has 1 aliphatic rings. The van der Waals surface area contributed by atoms with Gasteiger partial charge >= 0.3 is 6.09 Å². The number of carbonyl (C=O) groups excluding carboxylic acids is 1. The Bertz CT molecular complexity index is 1060. The molecule has 3 aromatic rings. The van der Waals surface area contributed by atoms with E-state index in [2.05, 4.69) is 14.7 Å².